The van der Waals surface area contributed by atoms with Crippen LogP contribution in [0.4, 0.5) is 0 Å². The smallest absolute Gasteiger partial charge is 0.307 e. The average Bonchev–Trinajstić information content (AvgIpc) is 3.54. The highest BCUT2D eigenvalue weighted by atomic mass is 16.4. The van der Waals surface area contributed by atoms with Crippen LogP contribution in [-0.4, -0.2) is 27.4 Å². The summed E-state index contributed by atoms with van der Waals surface area (Å²) in [5, 5.41) is 31.7. The first-order valence-corrected chi connectivity index (χ1v) is 17.5. The van der Waals surface area contributed by atoms with Crippen molar-refractivity contribution in [3.05, 3.63) is 89.0 Å². The van der Waals surface area contributed by atoms with Crippen molar-refractivity contribution in [3.63, 3.8) is 0 Å². The average molecular weight is 597 g/mol. The summed E-state index contributed by atoms with van der Waals surface area (Å²) >= 11 is 0. The van der Waals surface area contributed by atoms with Crippen molar-refractivity contribution >= 4 is 5.97 Å². The Balaban J connectivity index is 1.33. The molecule has 236 valence electrons. The Morgan fingerprint density at radius 3 is 2.48 bits per heavy atom. The lowest BCUT2D eigenvalue weighted by Gasteiger charge is -2.48. The number of unbranched alkanes of at least 4 members (excludes halogenated alkanes) is 3. The fourth-order valence-electron chi connectivity index (χ4n) is 9.62. The summed E-state index contributed by atoms with van der Waals surface area (Å²) in [5.41, 5.74) is 4.49. The van der Waals surface area contributed by atoms with Crippen molar-refractivity contribution in [2.75, 3.05) is 0 Å². The summed E-state index contributed by atoms with van der Waals surface area (Å²) in [6.07, 6.45) is 24.1. The maximum Gasteiger partial charge on any atom is 0.307 e. The Morgan fingerprint density at radius 1 is 0.909 bits per heavy atom. The molecule has 0 aliphatic heterocycles. The molecule has 6 unspecified atom stereocenters. The van der Waals surface area contributed by atoms with Crippen molar-refractivity contribution in [2.45, 2.75) is 126 Å². The quantitative estimate of drug-likeness (QED) is 0.199. The number of hydrogen-bond donors (Lipinski definition) is 3. The van der Waals surface area contributed by atoms with E-state index < -0.39 is 23.4 Å². The molecule has 0 heterocycles. The number of aromatic hydroxyl groups is 1. The van der Waals surface area contributed by atoms with E-state index in [1.165, 1.54) is 68.1 Å². The van der Waals surface area contributed by atoms with Gasteiger partial charge in [0.15, 0.2) is 0 Å². The number of aliphatic carboxylic acids is 1. The van der Waals surface area contributed by atoms with Crippen LogP contribution >= 0.6 is 0 Å². The van der Waals surface area contributed by atoms with Crippen molar-refractivity contribution in [1.29, 1.82) is 0 Å². The van der Waals surface area contributed by atoms with E-state index in [-0.39, 0.29) is 5.41 Å². The third-order valence-electron chi connectivity index (χ3n) is 12.0. The molecule has 4 heteroatoms. The van der Waals surface area contributed by atoms with Gasteiger partial charge in [0.2, 0.25) is 0 Å². The Labute approximate surface area is 264 Å². The van der Waals surface area contributed by atoms with Gasteiger partial charge in [-0.3, -0.25) is 4.79 Å². The largest absolute Gasteiger partial charge is 0.508 e. The fourth-order valence-corrected chi connectivity index (χ4v) is 9.62. The minimum absolute atomic E-state index is 0.0387. The lowest BCUT2D eigenvalue weighted by atomic mass is 9.56. The number of hydrogen-bond acceptors (Lipinski definition) is 3. The van der Waals surface area contributed by atoms with Crippen LogP contribution in [0.3, 0.4) is 0 Å². The molecule has 0 aromatic heterocycles. The van der Waals surface area contributed by atoms with Crippen LogP contribution in [0, 0.1) is 17.8 Å². The molecule has 0 saturated heterocycles. The summed E-state index contributed by atoms with van der Waals surface area (Å²) < 4.78 is 0. The first-order chi connectivity index (χ1) is 21.4. The predicted octanol–water partition coefficient (Wildman–Crippen LogP) is 9.18. The summed E-state index contributed by atoms with van der Waals surface area (Å²) in [7, 11) is 0. The Morgan fingerprint density at radius 2 is 1.73 bits per heavy atom. The van der Waals surface area contributed by atoms with Crippen molar-refractivity contribution in [3.8, 4) is 5.75 Å². The topological polar surface area (TPSA) is 77.8 Å². The molecule has 2 fully saturated rings. The third-order valence-corrected chi connectivity index (χ3v) is 12.0. The molecule has 1 spiro atoms. The first-order valence-electron chi connectivity index (χ1n) is 17.5. The minimum Gasteiger partial charge on any atom is -0.508 e. The number of phenolic OH excluding ortho intramolecular Hbond substituents is 1. The minimum atomic E-state index is -0.739. The normalized spacial score (nSPS) is 31.8. The van der Waals surface area contributed by atoms with E-state index in [2.05, 4.69) is 54.6 Å². The van der Waals surface area contributed by atoms with Crippen LogP contribution in [-0.2, 0) is 22.0 Å². The van der Waals surface area contributed by atoms with Gasteiger partial charge in [0.05, 0.1) is 12.0 Å². The highest BCUT2D eigenvalue weighted by molar-refractivity contribution is 5.73. The van der Waals surface area contributed by atoms with Crippen molar-refractivity contribution in [1.82, 2.24) is 0 Å². The van der Waals surface area contributed by atoms with Gasteiger partial charge in [-0.25, -0.2) is 0 Å². The zero-order valence-corrected chi connectivity index (χ0v) is 26.4. The summed E-state index contributed by atoms with van der Waals surface area (Å²) in [6.45, 7) is 0. The van der Waals surface area contributed by atoms with E-state index in [9.17, 15) is 20.1 Å². The van der Waals surface area contributed by atoms with Gasteiger partial charge in [0.25, 0.3) is 0 Å². The molecular formula is C40H52O4. The van der Waals surface area contributed by atoms with Crippen molar-refractivity contribution in [2.24, 2.45) is 17.8 Å². The molecule has 0 amide bonds. The van der Waals surface area contributed by atoms with E-state index in [0.717, 1.165) is 56.4 Å². The number of allylic oxidation sites excluding steroid dienone is 4. The summed E-state index contributed by atoms with van der Waals surface area (Å²) in [6, 6.07) is 16.8. The van der Waals surface area contributed by atoms with Crippen molar-refractivity contribution < 1.29 is 20.1 Å². The lowest BCUT2D eigenvalue weighted by Crippen LogP contribution is -2.45. The summed E-state index contributed by atoms with van der Waals surface area (Å²) in [4.78, 5) is 13.0. The van der Waals surface area contributed by atoms with Gasteiger partial charge in [-0.2, -0.15) is 0 Å². The molecule has 2 aromatic rings. The van der Waals surface area contributed by atoms with Gasteiger partial charge in [0.1, 0.15) is 5.75 Å². The van der Waals surface area contributed by atoms with Gasteiger partial charge in [-0.05, 0) is 124 Å². The Bertz CT molecular complexity index is 1340. The number of phenols is 1. The van der Waals surface area contributed by atoms with E-state index in [0.29, 0.717) is 24.5 Å². The lowest BCUT2D eigenvalue weighted by molar-refractivity contribution is -0.145. The second-order valence-electron chi connectivity index (χ2n) is 14.6. The number of carboxylic acids is 1. The van der Waals surface area contributed by atoms with Crippen LogP contribution in [0.1, 0.15) is 119 Å². The molecule has 5 aliphatic carbocycles. The van der Waals surface area contributed by atoms with Gasteiger partial charge in [-0.1, -0.05) is 85.9 Å². The zero-order valence-electron chi connectivity index (χ0n) is 26.4. The molecule has 3 N–H and O–H groups in total. The van der Waals surface area contributed by atoms with Crippen LogP contribution in [0.2, 0.25) is 0 Å². The SMILES string of the molecule is O=C(O)C1CC=C2CCC(c3ccc(O)cc3)(Cc3cccc(c3)C13CCCC(O)C3)C(CCCCCCC1C=CCC1)C2. The maximum absolute atomic E-state index is 13.0. The van der Waals surface area contributed by atoms with Gasteiger partial charge < -0.3 is 15.3 Å². The number of aliphatic hydroxyl groups excluding tert-OH is 1. The molecule has 4 nitrogen and oxygen atoms in total. The monoisotopic (exact) mass is 596 g/mol. The fraction of sp³-hybridized carbons (Fsp3) is 0.575. The summed E-state index contributed by atoms with van der Waals surface area (Å²) in [5.74, 6) is 0.279. The number of fused-ring (bicyclic) bond motifs is 4. The molecule has 0 radical (unpaired) electrons. The highest BCUT2D eigenvalue weighted by Gasteiger charge is 2.48. The molecule has 7 rings (SSSR count). The van der Waals surface area contributed by atoms with E-state index in [4.69, 9.17) is 0 Å². The maximum atomic E-state index is 13.0. The number of benzene rings is 2. The Kier molecular flexibility index (Phi) is 9.66. The molecule has 2 aromatic carbocycles. The van der Waals surface area contributed by atoms with Crippen LogP contribution in [0.15, 0.2) is 72.3 Å². The van der Waals surface area contributed by atoms with E-state index in [1.54, 1.807) is 0 Å². The Hall–Kier alpha value is -2.85. The first kappa shape index (κ1) is 31.1. The third kappa shape index (κ3) is 6.57. The number of rotatable bonds is 9. The molecule has 4 bridgehead atoms. The zero-order chi connectivity index (χ0) is 30.6. The van der Waals surface area contributed by atoms with E-state index >= 15 is 0 Å². The highest BCUT2D eigenvalue weighted by Crippen LogP contribution is 2.53. The van der Waals surface area contributed by atoms with Gasteiger partial charge in [-0.15, -0.1) is 0 Å². The van der Waals surface area contributed by atoms with Crippen LogP contribution in [0.25, 0.3) is 0 Å². The van der Waals surface area contributed by atoms with Gasteiger partial charge >= 0.3 is 5.97 Å². The number of aliphatic hydroxyl groups is 1. The molecule has 2 saturated carbocycles. The molecular weight excluding hydrogens is 544 g/mol. The molecule has 6 atom stereocenters. The van der Waals surface area contributed by atoms with Crippen LogP contribution < -0.4 is 0 Å². The molecule has 5 aliphatic rings. The second kappa shape index (κ2) is 13.6. The number of carboxylic acid groups (broad SMARTS) is 1. The van der Waals surface area contributed by atoms with Crippen LogP contribution in [0.5, 0.6) is 5.75 Å². The standard InChI is InChI=1S/C40H52O4/c41-35-19-17-32(18-20-35)39-24-22-30(25-33(39)13-4-2-1-3-9-29-10-5-6-11-29)16-21-37(38(43)44)40(23-8-15-36(42)28-40)34-14-7-12-31(26-34)27-39/h5,7,10,12,14,16-20,26,29,33,36-37,41-42H,1-4,6,8-9,11,13,15,21-25,27-28H2,(H,43,44). The second-order valence-corrected chi connectivity index (χ2v) is 14.6. The van der Waals surface area contributed by atoms with E-state index in [1.807, 2.05) is 12.1 Å². The predicted molar refractivity (Wildman–Crippen MR) is 177 cm³/mol. The molecule has 44 heavy (non-hydrogen) atoms. The van der Waals surface area contributed by atoms with Gasteiger partial charge in [0, 0.05) is 10.8 Å². The number of carbonyl (C=O) groups is 1.